The number of nitrogens with zero attached hydrogens (tertiary/aromatic N) is 3. The van der Waals surface area contributed by atoms with Gasteiger partial charge in [-0.3, -0.25) is 14.5 Å². The fourth-order valence-electron chi connectivity index (χ4n) is 4.47. The van der Waals surface area contributed by atoms with E-state index in [9.17, 15) is 9.59 Å². The van der Waals surface area contributed by atoms with Crippen LogP contribution in [0.25, 0.3) is 11.1 Å². The summed E-state index contributed by atoms with van der Waals surface area (Å²) >= 11 is 1.68. The predicted molar refractivity (Wildman–Crippen MR) is 118 cm³/mol. The zero-order valence-electron chi connectivity index (χ0n) is 16.9. The summed E-state index contributed by atoms with van der Waals surface area (Å²) < 4.78 is 0. The van der Waals surface area contributed by atoms with E-state index < -0.39 is 0 Å². The van der Waals surface area contributed by atoms with Gasteiger partial charge in [0.1, 0.15) is 0 Å². The normalized spacial score (nSPS) is 16.3. The van der Waals surface area contributed by atoms with Crippen molar-refractivity contribution in [1.29, 1.82) is 0 Å². The van der Waals surface area contributed by atoms with E-state index >= 15 is 0 Å². The van der Waals surface area contributed by atoms with Gasteiger partial charge in [-0.25, -0.2) is 4.98 Å². The maximum atomic E-state index is 13.5. The standard InChI is InChI=1S/C24H23N3O2S/c1-16-25-17(15-30-16)14-26-10-5-11-27(13-12-26)24(29)21-9-4-8-20-22(21)18-6-2-3-7-19(18)23(20)28/h2-4,6-9,15H,5,10-14H2,1H3. The Balaban J connectivity index is 1.37. The summed E-state index contributed by atoms with van der Waals surface area (Å²) in [6.45, 7) is 6.04. The third-order valence-corrected chi connectivity index (χ3v) is 6.73. The van der Waals surface area contributed by atoms with Gasteiger partial charge in [-0.15, -0.1) is 11.3 Å². The van der Waals surface area contributed by atoms with Crippen LogP contribution >= 0.6 is 11.3 Å². The number of carbonyl (C=O) groups excluding carboxylic acids is 2. The molecule has 152 valence electrons. The molecule has 5 rings (SSSR count). The molecule has 30 heavy (non-hydrogen) atoms. The molecule has 2 aromatic carbocycles. The Morgan fingerprint density at radius 3 is 2.60 bits per heavy atom. The Morgan fingerprint density at radius 1 is 1.00 bits per heavy atom. The molecule has 0 bridgehead atoms. The third kappa shape index (κ3) is 3.36. The maximum absolute atomic E-state index is 13.5. The molecule has 6 heteroatoms. The Morgan fingerprint density at radius 2 is 1.80 bits per heavy atom. The van der Waals surface area contributed by atoms with Crippen molar-refractivity contribution < 1.29 is 9.59 Å². The van der Waals surface area contributed by atoms with Crippen LogP contribution in [0.15, 0.2) is 47.8 Å². The van der Waals surface area contributed by atoms with Gasteiger partial charge < -0.3 is 4.90 Å². The molecular formula is C24H23N3O2S. The summed E-state index contributed by atoms with van der Waals surface area (Å²) in [4.78, 5) is 35.1. The van der Waals surface area contributed by atoms with Gasteiger partial charge in [0.2, 0.25) is 0 Å². The third-order valence-electron chi connectivity index (χ3n) is 5.91. The average Bonchev–Trinajstić information content (AvgIpc) is 3.20. The van der Waals surface area contributed by atoms with Crippen LogP contribution < -0.4 is 0 Å². The lowest BCUT2D eigenvalue weighted by Crippen LogP contribution is -2.35. The van der Waals surface area contributed by atoms with Gasteiger partial charge in [-0.1, -0.05) is 36.4 Å². The van der Waals surface area contributed by atoms with E-state index in [1.807, 2.05) is 54.3 Å². The van der Waals surface area contributed by atoms with Gasteiger partial charge in [-0.05, 0) is 25.0 Å². The second kappa shape index (κ2) is 7.78. The Bertz CT molecular complexity index is 1140. The van der Waals surface area contributed by atoms with Crippen LogP contribution in [0.5, 0.6) is 0 Å². The van der Waals surface area contributed by atoms with Gasteiger partial charge in [0.05, 0.1) is 10.7 Å². The van der Waals surface area contributed by atoms with Gasteiger partial charge >= 0.3 is 0 Å². The highest BCUT2D eigenvalue weighted by Crippen LogP contribution is 2.39. The van der Waals surface area contributed by atoms with E-state index in [0.717, 1.165) is 54.4 Å². The molecule has 0 spiro atoms. The largest absolute Gasteiger partial charge is 0.337 e. The van der Waals surface area contributed by atoms with Crippen LogP contribution in [0.3, 0.4) is 0 Å². The van der Waals surface area contributed by atoms with Crippen molar-refractivity contribution in [3.05, 3.63) is 75.2 Å². The van der Waals surface area contributed by atoms with Crippen LogP contribution in [-0.2, 0) is 6.54 Å². The van der Waals surface area contributed by atoms with Crippen LogP contribution in [0, 0.1) is 6.92 Å². The number of hydrogen-bond acceptors (Lipinski definition) is 5. The summed E-state index contributed by atoms with van der Waals surface area (Å²) in [7, 11) is 0. The number of rotatable bonds is 3. The molecule has 0 saturated carbocycles. The van der Waals surface area contributed by atoms with E-state index in [4.69, 9.17) is 0 Å². The number of aryl methyl sites for hydroxylation is 1. The summed E-state index contributed by atoms with van der Waals surface area (Å²) in [5.41, 5.74) is 4.73. The van der Waals surface area contributed by atoms with E-state index in [1.165, 1.54) is 0 Å². The first-order chi connectivity index (χ1) is 14.6. The molecular weight excluding hydrogens is 394 g/mol. The first kappa shape index (κ1) is 19.2. The fraction of sp³-hybridized carbons (Fsp3) is 0.292. The van der Waals surface area contributed by atoms with Crippen LogP contribution in [0.1, 0.15) is 43.4 Å². The highest BCUT2D eigenvalue weighted by atomic mass is 32.1. The second-order valence-corrected chi connectivity index (χ2v) is 8.94. The topological polar surface area (TPSA) is 53.5 Å². The number of amides is 1. The van der Waals surface area contributed by atoms with Crippen molar-refractivity contribution in [3.63, 3.8) is 0 Å². The summed E-state index contributed by atoms with van der Waals surface area (Å²) in [6.07, 6.45) is 0.930. The number of fused-ring (bicyclic) bond motifs is 3. The molecule has 1 fully saturated rings. The number of ketones is 1. The molecule has 5 nitrogen and oxygen atoms in total. The van der Waals surface area contributed by atoms with Crippen LogP contribution in [-0.4, -0.2) is 52.7 Å². The van der Waals surface area contributed by atoms with Crippen molar-refractivity contribution in [3.8, 4) is 11.1 Å². The summed E-state index contributed by atoms with van der Waals surface area (Å²) in [5, 5.41) is 3.20. The first-order valence-electron chi connectivity index (χ1n) is 10.3. The molecule has 2 aliphatic rings. The molecule has 1 saturated heterocycles. The summed E-state index contributed by atoms with van der Waals surface area (Å²) in [6, 6.07) is 13.1. The van der Waals surface area contributed by atoms with Crippen LogP contribution in [0.2, 0.25) is 0 Å². The smallest absolute Gasteiger partial charge is 0.254 e. The van der Waals surface area contributed by atoms with E-state index in [-0.39, 0.29) is 11.7 Å². The minimum absolute atomic E-state index is 0.0100. The molecule has 2 heterocycles. The minimum atomic E-state index is 0.0100. The lowest BCUT2D eigenvalue weighted by molar-refractivity contribution is 0.0762. The average molecular weight is 418 g/mol. The molecule has 0 unspecified atom stereocenters. The zero-order chi connectivity index (χ0) is 20.7. The highest BCUT2D eigenvalue weighted by Gasteiger charge is 2.32. The Kier molecular flexibility index (Phi) is 4.97. The van der Waals surface area contributed by atoms with Gasteiger partial charge in [0, 0.05) is 60.4 Å². The van der Waals surface area contributed by atoms with Gasteiger partial charge in [0.15, 0.2) is 5.78 Å². The monoisotopic (exact) mass is 417 g/mol. The van der Waals surface area contributed by atoms with E-state index in [0.29, 0.717) is 23.2 Å². The molecule has 0 radical (unpaired) electrons. The number of benzene rings is 2. The Labute approximate surface area is 180 Å². The number of hydrogen-bond donors (Lipinski definition) is 0. The highest BCUT2D eigenvalue weighted by molar-refractivity contribution is 7.09. The quantitative estimate of drug-likeness (QED) is 0.505. The molecule has 0 atom stereocenters. The molecule has 1 aliphatic carbocycles. The molecule has 0 N–H and O–H groups in total. The fourth-order valence-corrected chi connectivity index (χ4v) is 5.07. The van der Waals surface area contributed by atoms with Gasteiger partial charge in [-0.2, -0.15) is 0 Å². The predicted octanol–water partition coefficient (Wildman–Crippen LogP) is 4.01. The lowest BCUT2D eigenvalue weighted by atomic mass is 9.98. The van der Waals surface area contributed by atoms with E-state index in [1.54, 1.807) is 11.3 Å². The van der Waals surface area contributed by atoms with Crippen LogP contribution in [0.4, 0.5) is 0 Å². The summed E-state index contributed by atoms with van der Waals surface area (Å²) in [5.74, 6) is 0.0264. The van der Waals surface area contributed by atoms with Crippen molar-refractivity contribution in [1.82, 2.24) is 14.8 Å². The number of carbonyl (C=O) groups is 2. The van der Waals surface area contributed by atoms with Gasteiger partial charge in [0.25, 0.3) is 5.91 Å². The van der Waals surface area contributed by atoms with Crippen molar-refractivity contribution in [2.24, 2.45) is 0 Å². The number of thiazole rings is 1. The lowest BCUT2D eigenvalue weighted by Gasteiger charge is -2.23. The molecule has 1 aromatic heterocycles. The second-order valence-electron chi connectivity index (χ2n) is 7.88. The van der Waals surface area contributed by atoms with E-state index in [2.05, 4.69) is 15.3 Å². The minimum Gasteiger partial charge on any atom is -0.337 e. The molecule has 3 aromatic rings. The molecule has 1 amide bonds. The zero-order valence-corrected chi connectivity index (χ0v) is 17.7. The molecule has 1 aliphatic heterocycles. The maximum Gasteiger partial charge on any atom is 0.254 e. The first-order valence-corrected chi connectivity index (χ1v) is 11.2. The number of aromatic nitrogens is 1. The van der Waals surface area contributed by atoms with Crippen molar-refractivity contribution in [2.75, 3.05) is 26.2 Å². The Hall–Kier alpha value is -2.83. The van der Waals surface area contributed by atoms with Crippen molar-refractivity contribution >= 4 is 23.0 Å². The van der Waals surface area contributed by atoms with Crippen molar-refractivity contribution in [2.45, 2.75) is 19.9 Å². The SMILES string of the molecule is Cc1nc(CN2CCCN(C(=O)c3cccc4c3-c3ccccc3C4=O)CC2)cs1.